The molecule has 5 nitrogen and oxygen atoms in total. The van der Waals surface area contributed by atoms with Crippen molar-refractivity contribution in [1.29, 1.82) is 0 Å². The summed E-state index contributed by atoms with van der Waals surface area (Å²) in [6.45, 7) is 2.68. The van der Waals surface area contributed by atoms with E-state index in [1.165, 1.54) is 0 Å². The van der Waals surface area contributed by atoms with Gasteiger partial charge in [0, 0.05) is 7.11 Å². The van der Waals surface area contributed by atoms with Gasteiger partial charge in [0.15, 0.2) is 0 Å². The zero-order valence-electron chi connectivity index (χ0n) is 11.2. The number of ether oxygens (including phenoxy) is 1. The molecule has 2 amide bonds. The third-order valence-corrected chi connectivity index (χ3v) is 4.09. The van der Waals surface area contributed by atoms with E-state index in [-0.39, 0.29) is 24.4 Å². The molecule has 18 heavy (non-hydrogen) atoms. The molecule has 5 heteroatoms. The molecule has 0 aromatic carbocycles. The lowest BCUT2D eigenvalue weighted by molar-refractivity contribution is -0.153. The first-order chi connectivity index (χ1) is 8.63. The molecule has 1 saturated carbocycles. The number of nitrogens with zero attached hydrogens (tertiary/aromatic N) is 1. The SMILES string of the molecule is CCC(COC)N1CC(=O)NC2(CCCC2)C1=O. The molecule has 102 valence electrons. The third-order valence-electron chi connectivity index (χ3n) is 4.09. The van der Waals surface area contributed by atoms with Crippen LogP contribution in [0.15, 0.2) is 0 Å². The fraction of sp³-hybridized carbons (Fsp3) is 0.846. The second kappa shape index (κ2) is 5.26. The fourth-order valence-electron chi connectivity index (χ4n) is 3.09. The van der Waals surface area contributed by atoms with Gasteiger partial charge in [-0.05, 0) is 19.3 Å². The second-order valence-corrected chi connectivity index (χ2v) is 5.29. The largest absolute Gasteiger partial charge is 0.383 e. The Morgan fingerprint density at radius 1 is 1.39 bits per heavy atom. The molecular weight excluding hydrogens is 232 g/mol. The topological polar surface area (TPSA) is 58.6 Å². The van der Waals surface area contributed by atoms with Crippen molar-refractivity contribution < 1.29 is 14.3 Å². The normalized spacial score (nSPS) is 24.4. The summed E-state index contributed by atoms with van der Waals surface area (Å²) in [4.78, 5) is 26.2. The van der Waals surface area contributed by atoms with Crippen LogP contribution in [0.5, 0.6) is 0 Å². The maximum atomic E-state index is 12.6. The van der Waals surface area contributed by atoms with Crippen LogP contribution in [0.25, 0.3) is 0 Å². The van der Waals surface area contributed by atoms with Gasteiger partial charge in [-0.2, -0.15) is 0 Å². The number of rotatable bonds is 4. The Kier molecular flexibility index (Phi) is 3.90. The molecule has 1 spiro atoms. The molecule has 1 unspecified atom stereocenters. The molecule has 0 bridgehead atoms. The minimum absolute atomic E-state index is 0.00558. The van der Waals surface area contributed by atoms with Crippen molar-refractivity contribution >= 4 is 11.8 Å². The molecule has 0 aromatic rings. The van der Waals surface area contributed by atoms with E-state index in [0.717, 1.165) is 32.1 Å². The summed E-state index contributed by atoms with van der Waals surface area (Å²) >= 11 is 0. The van der Waals surface area contributed by atoms with Crippen molar-refractivity contribution in [1.82, 2.24) is 10.2 Å². The third kappa shape index (κ3) is 2.23. The first-order valence-corrected chi connectivity index (χ1v) is 6.74. The van der Waals surface area contributed by atoms with Gasteiger partial charge in [-0.3, -0.25) is 9.59 Å². The number of piperazine rings is 1. The zero-order valence-corrected chi connectivity index (χ0v) is 11.2. The van der Waals surface area contributed by atoms with Crippen LogP contribution >= 0.6 is 0 Å². The number of methoxy groups -OCH3 is 1. The zero-order chi connectivity index (χ0) is 13.2. The van der Waals surface area contributed by atoms with Crippen LogP contribution in [0, 0.1) is 0 Å². The number of amides is 2. The van der Waals surface area contributed by atoms with Crippen molar-refractivity contribution in [2.75, 3.05) is 20.3 Å². The minimum atomic E-state index is -0.615. The van der Waals surface area contributed by atoms with E-state index in [0.29, 0.717) is 6.61 Å². The Bertz CT molecular complexity index is 337. The first-order valence-electron chi connectivity index (χ1n) is 6.74. The standard InChI is InChI=1S/C13H22N2O3/c1-3-10(9-18-2)15-8-11(16)14-13(12(15)17)6-4-5-7-13/h10H,3-9H2,1-2H3,(H,14,16). The fourth-order valence-corrected chi connectivity index (χ4v) is 3.09. The van der Waals surface area contributed by atoms with Gasteiger partial charge in [0.1, 0.15) is 12.1 Å². The van der Waals surface area contributed by atoms with E-state index in [1.807, 2.05) is 6.92 Å². The Labute approximate surface area is 108 Å². The Morgan fingerprint density at radius 3 is 2.61 bits per heavy atom. The lowest BCUT2D eigenvalue weighted by atomic mass is 9.92. The van der Waals surface area contributed by atoms with E-state index in [2.05, 4.69) is 5.32 Å². The molecule has 1 atom stereocenters. The molecule has 2 aliphatic rings. The van der Waals surface area contributed by atoms with Crippen LogP contribution in [-0.4, -0.2) is 48.6 Å². The van der Waals surface area contributed by atoms with Gasteiger partial charge < -0.3 is 15.0 Å². The van der Waals surface area contributed by atoms with E-state index >= 15 is 0 Å². The van der Waals surface area contributed by atoms with Crippen molar-refractivity contribution in [3.05, 3.63) is 0 Å². The van der Waals surface area contributed by atoms with Crippen LogP contribution in [0.1, 0.15) is 39.0 Å². The number of hydrogen-bond donors (Lipinski definition) is 1. The van der Waals surface area contributed by atoms with Gasteiger partial charge in [0.2, 0.25) is 11.8 Å². The Hall–Kier alpha value is -1.10. The number of carbonyl (C=O) groups is 2. The minimum Gasteiger partial charge on any atom is -0.383 e. The highest BCUT2D eigenvalue weighted by molar-refractivity contribution is 5.98. The van der Waals surface area contributed by atoms with Crippen molar-refractivity contribution in [2.45, 2.75) is 50.6 Å². The lowest BCUT2D eigenvalue weighted by Crippen LogP contribution is -2.67. The summed E-state index contributed by atoms with van der Waals surface area (Å²) in [7, 11) is 1.63. The van der Waals surface area contributed by atoms with Crippen LogP contribution in [0.3, 0.4) is 0 Å². The van der Waals surface area contributed by atoms with Gasteiger partial charge in [0.05, 0.1) is 12.6 Å². The monoisotopic (exact) mass is 254 g/mol. The summed E-state index contributed by atoms with van der Waals surface area (Å²) in [6.07, 6.45) is 4.39. The van der Waals surface area contributed by atoms with E-state index in [9.17, 15) is 9.59 Å². The van der Waals surface area contributed by atoms with Crippen LogP contribution < -0.4 is 5.32 Å². The molecule has 1 saturated heterocycles. The summed E-state index contributed by atoms with van der Waals surface area (Å²) in [6, 6.07) is 0.00558. The van der Waals surface area contributed by atoms with Crippen LogP contribution in [0.4, 0.5) is 0 Å². The molecule has 1 aliphatic carbocycles. The number of carbonyl (C=O) groups excluding carboxylic acids is 2. The molecular formula is C13H22N2O3. The molecule has 0 radical (unpaired) electrons. The number of nitrogens with one attached hydrogen (secondary N) is 1. The summed E-state index contributed by atoms with van der Waals surface area (Å²) in [5, 5.41) is 2.92. The van der Waals surface area contributed by atoms with Gasteiger partial charge in [-0.15, -0.1) is 0 Å². The molecule has 1 aliphatic heterocycles. The van der Waals surface area contributed by atoms with Gasteiger partial charge in [-0.1, -0.05) is 19.8 Å². The van der Waals surface area contributed by atoms with E-state index in [1.54, 1.807) is 12.0 Å². The maximum Gasteiger partial charge on any atom is 0.249 e. The molecule has 0 aromatic heterocycles. The molecule has 2 rings (SSSR count). The lowest BCUT2D eigenvalue weighted by Gasteiger charge is -2.43. The second-order valence-electron chi connectivity index (χ2n) is 5.29. The first kappa shape index (κ1) is 13.3. The highest BCUT2D eigenvalue weighted by atomic mass is 16.5. The highest BCUT2D eigenvalue weighted by Gasteiger charge is 2.49. The van der Waals surface area contributed by atoms with E-state index < -0.39 is 5.54 Å². The molecule has 2 fully saturated rings. The summed E-state index contributed by atoms with van der Waals surface area (Å²) in [5.41, 5.74) is -0.615. The molecule has 1 heterocycles. The van der Waals surface area contributed by atoms with Gasteiger partial charge in [0.25, 0.3) is 0 Å². The van der Waals surface area contributed by atoms with Gasteiger partial charge in [-0.25, -0.2) is 0 Å². The number of hydrogen-bond acceptors (Lipinski definition) is 3. The summed E-state index contributed by atoms with van der Waals surface area (Å²) < 4.78 is 5.16. The molecule has 1 N–H and O–H groups in total. The van der Waals surface area contributed by atoms with Crippen LogP contribution in [0.2, 0.25) is 0 Å². The predicted molar refractivity (Wildman–Crippen MR) is 67.0 cm³/mol. The van der Waals surface area contributed by atoms with E-state index in [4.69, 9.17) is 4.74 Å². The van der Waals surface area contributed by atoms with Crippen molar-refractivity contribution in [3.8, 4) is 0 Å². The predicted octanol–water partition coefficient (Wildman–Crippen LogP) is 0.683. The Morgan fingerprint density at radius 2 is 2.06 bits per heavy atom. The summed E-state index contributed by atoms with van der Waals surface area (Å²) in [5.74, 6) is 0.0505. The van der Waals surface area contributed by atoms with Crippen LogP contribution in [-0.2, 0) is 14.3 Å². The maximum absolute atomic E-state index is 12.6. The van der Waals surface area contributed by atoms with Crippen molar-refractivity contribution in [2.24, 2.45) is 0 Å². The van der Waals surface area contributed by atoms with Gasteiger partial charge >= 0.3 is 0 Å². The average molecular weight is 254 g/mol. The Balaban J connectivity index is 2.19. The highest BCUT2D eigenvalue weighted by Crippen LogP contribution is 2.34. The van der Waals surface area contributed by atoms with Crippen molar-refractivity contribution in [3.63, 3.8) is 0 Å². The average Bonchev–Trinajstić information content (AvgIpc) is 2.80. The smallest absolute Gasteiger partial charge is 0.249 e. The quantitative estimate of drug-likeness (QED) is 0.802.